The number of hydrogen-bond acceptors (Lipinski definition) is 3. The van der Waals surface area contributed by atoms with Gasteiger partial charge in [-0.05, 0) is 79.0 Å². The van der Waals surface area contributed by atoms with Crippen LogP contribution < -0.4 is 10.1 Å². The molecule has 3 fully saturated rings. The minimum Gasteiger partial charge on any atom is -0.490 e. The SMILES string of the molecule is C[C@@]1(c2ccc3cc(O[C@@H]4C[C@H]5CC[C@@H]4C5)ccc3c2)COC(=O)N1. The van der Waals surface area contributed by atoms with Gasteiger partial charge in [0.15, 0.2) is 0 Å². The minimum atomic E-state index is -0.455. The van der Waals surface area contributed by atoms with Crippen molar-refractivity contribution in [2.45, 2.75) is 44.2 Å². The minimum absolute atomic E-state index is 0.350. The summed E-state index contributed by atoms with van der Waals surface area (Å²) in [4.78, 5) is 11.4. The lowest BCUT2D eigenvalue weighted by molar-refractivity contribution is 0.138. The molecule has 4 heteroatoms. The van der Waals surface area contributed by atoms with Crippen LogP contribution in [0.2, 0.25) is 0 Å². The van der Waals surface area contributed by atoms with Gasteiger partial charge in [-0.15, -0.1) is 0 Å². The lowest BCUT2D eigenvalue weighted by atomic mass is 9.91. The lowest BCUT2D eigenvalue weighted by Crippen LogP contribution is -2.37. The van der Waals surface area contributed by atoms with Gasteiger partial charge in [-0.25, -0.2) is 4.79 Å². The number of carbonyl (C=O) groups excluding carboxylic acids is 1. The summed E-state index contributed by atoms with van der Waals surface area (Å²) < 4.78 is 11.4. The maximum absolute atomic E-state index is 11.4. The maximum Gasteiger partial charge on any atom is 0.408 e. The van der Waals surface area contributed by atoms with Crippen LogP contribution in [0.15, 0.2) is 36.4 Å². The monoisotopic (exact) mass is 337 g/mol. The number of benzene rings is 2. The molecule has 2 aromatic rings. The predicted octanol–water partition coefficient (Wildman–Crippen LogP) is 4.36. The second-order valence-electron chi connectivity index (χ2n) is 8.09. The molecule has 0 aromatic heterocycles. The third kappa shape index (κ3) is 2.55. The van der Waals surface area contributed by atoms with E-state index < -0.39 is 5.54 Å². The van der Waals surface area contributed by atoms with E-state index in [1.54, 1.807) is 0 Å². The summed E-state index contributed by atoms with van der Waals surface area (Å²) in [6.45, 7) is 2.36. The maximum atomic E-state index is 11.4. The highest BCUT2D eigenvalue weighted by molar-refractivity contribution is 5.85. The zero-order chi connectivity index (χ0) is 17.0. The molecule has 1 heterocycles. The van der Waals surface area contributed by atoms with Crippen molar-refractivity contribution >= 4 is 16.9 Å². The number of amides is 1. The largest absolute Gasteiger partial charge is 0.490 e. The van der Waals surface area contributed by atoms with Gasteiger partial charge in [0.2, 0.25) is 0 Å². The number of hydrogen-bond donors (Lipinski definition) is 1. The van der Waals surface area contributed by atoms with Gasteiger partial charge >= 0.3 is 6.09 Å². The Bertz CT molecular complexity index is 848. The number of rotatable bonds is 3. The average molecular weight is 337 g/mol. The Morgan fingerprint density at radius 1 is 1.12 bits per heavy atom. The standard InChI is InChI=1S/C21H23NO3/c1-21(12-24-20(23)22-21)17-6-4-15-11-18(7-5-14(15)10-17)25-19-9-13-2-3-16(19)8-13/h4-7,10-11,13,16,19H,2-3,8-9,12H2,1H3,(H,22,23)/t13-,16+,19+,21-/m0/s1. The Morgan fingerprint density at radius 2 is 1.96 bits per heavy atom. The van der Waals surface area contributed by atoms with Gasteiger partial charge in [0.25, 0.3) is 0 Å². The molecule has 2 bridgehead atoms. The highest BCUT2D eigenvalue weighted by Crippen LogP contribution is 2.46. The molecule has 1 aliphatic heterocycles. The fourth-order valence-electron chi connectivity index (χ4n) is 4.81. The van der Waals surface area contributed by atoms with Crippen LogP contribution in [0.3, 0.4) is 0 Å². The summed E-state index contributed by atoms with van der Waals surface area (Å²) in [5.41, 5.74) is 0.608. The van der Waals surface area contributed by atoms with Crippen molar-refractivity contribution in [2.75, 3.05) is 6.61 Å². The van der Waals surface area contributed by atoms with Crippen LogP contribution >= 0.6 is 0 Å². The molecule has 2 aliphatic carbocycles. The molecule has 0 unspecified atom stereocenters. The Labute approximate surface area is 147 Å². The topological polar surface area (TPSA) is 47.6 Å². The van der Waals surface area contributed by atoms with E-state index in [-0.39, 0.29) is 6.09 Å². The quantitative estimate of drug-likeness (QED) is 0.905. The first-order valence-corrected chi connectivity index (χ1v) is 9.25. The molecule has 0 radical (unpaired) electrons. The zero-order valence-electron chi connectivity index (χ0n) is 14.5. The molecule has 3 aliphatic rings. The third-order valence-corrected chi connectivity index (χ3v) is 6.28. The third-order valence-electron chi connectivity index (χ3n) is 6.28. The molecule has 1 saturated heterocycles. The highest BCUT2D eigenvalue weighted by atomic mass is 16.6. The molecule has 1 amide bonds. The summed E-state index contributed by atoms with van der Waals surface area (Å²) in [7, 11) is 0. The molecule has 25 heavy (non-hydrogen) atoms. The Balaban J connectivity index is 1.40. The number of cyclic esters (lactones) is 1. The Hall–Kier alpha value is -2.23. The average Bonchev–Trinajstić information content (AvgIpc) is 3.31. The second-order valence-corrected chi connectivity index (χ2v) is 8.09. The van der Waals surface area contributed by atoms with Gasteiger partial charge in [0.05, 0.1) is 5.54 Å². The first kappa shape index (κ1) is 15.1. The summed E-state index contributed by atoms with van der Waals surface area (Å²) in [5, 5.41) is 5.22. The van der Waals surface area contributed by atoms with Crippen molar-refractivity contribution in [3.8, 4) is 5.75 Å². The summed E-state index contributed by atoms with van der Waals surface area (Å²) >= 11 is 0. The molecule has 5 rings (SSSR count). The van der Waals surface area contributed by atoms with Crippen molar-refractivity contribution in [2.24, 2.45) is 11.8 Å². The van der Waals surface area contributed by atoms with E-state index in [4.69, 9.17) is 9.47 Å². The van der Waals surface area contributed by atoms with E-state index in [1.165, 1.54) is 31.1 Å². The fraction of sp³-hybridized carbons (Fsp3) is 0.476. The van der Waals surface area contributed by atoms with Crippen molar-refractivity contribution in [1.29, 1.82) is 0 Å². The van der Waals surface area contributed by atoms with E-state index >= 15 is 0 Å². The number of alkyl carbamates (subject to hydrolysis) is 1. The molecular formula is C21H23NO3. The van der Waals surface area contributed by atoms with Crippen LogP contribution in [0.1, 0.15) is 38.2 Å². The predicted molar refractivity (Wildman–Crippen MR) is 95.6 cm³/mol. The Kier molecular flexibility index (Phi) is 3.24. The van der Waals surface area contributed by atoms with Crippen molar-refractivity contribution < 1.29 is 14.3 Å². The molecule has 1 N–H and O–H groups in total. The molecule has 130 valence electrons. The Morgan fingerprint density at radius 3 is 2.68 bits per heavy atom. The van der Waals surface area contributed by atoms with Crippen LogP contribution in [-0.2, 0) is 10.3 Å². The molecule has 2 saturated carbocycles. The highest BCUT2D eigenvalue weighted by Gasteiger charge is 2.41. The number of ether oxygens (including phenoxy) is 2. The van der Waals surface area contributed by atoms with E-state index in [0.717, 1.165) is 28.5 Å². The summed E-state index contributed by atoms with van der Waals surface area (Å²) in [5.74, 6) is 2.62. The smallest absolute Gasteiger partial charge is 0.408 e. The molecule has 4 nitrogen and oxygen atoms in total. The van der Waals surface area contributed by atoms with Crippen LogP contribution in [0.4, 0.5) is 4.79 Å². The van der Waals surface area contributed by atoms with Crippen LogP contribution in [-0.4, -0.2) is 18.8 Å². The second kappa shape index (κ2) is 5.38. The lowest BCUT2D eigenvalue weighted by Gasteiger charge is -2.24. The van der Waals surface area contributed by atoms with Gasteiger partial charge in [-0.3, -0.25) is 0 Å². The first-order chi connectivity index (χ1) is 12.1. The van der Waals surface area contributed by atoms with Crippen LogP contribution in [0.5, 0.6) is 5.75 Å². The number of carbonyl (C=O) groups is 1. The van der Waals surface area contributed by atoms with Gasteiger partial charge in [-0.1, -0.05) is 18.2 Å². The van der Waals surface area contributed by atoms with Crippen LogP contribution in [0.25, 0.3) is 10.8 Å². The fourth-order valence-corrected chi connectivity index (χ4v) is 4.81. The van der Waals surface area contributed by atoms with Crippen molar-refractivity contribution in [3.63, 3.8) is 0 Å². The molecule has 2 aromatic carbocycles. The normalized spacial score (nSPS) is 33.5. The summed E-state index contributed by atoms with van der Waals surface area (Å²) in [6.07, 6.45) is 5.36. The molecular weight excluding hydrogens is 314 g/mol. The van der Waals surface area contributed by atoms with E-state index in [1.807, 2.05) is 6.92 Å². The van der Waals surface area contributed by atoms with E-state index in [2.05, 4.69) is 41.7 Å². The van der Waals surface area contributed by atoms with Gasteiger partial charge in [-0.2, -0.15) is 0 Å². The van der Waals surface area contributed by atoms with Crippen LogP contribution in [0, 0.1) is 11.8 Å². The van der Waals surface area contributed by atoms with Gasteiger partial charge in [0.1, 0.15) is 18.5 Å². The van der Waals surface area contributed by atoms with Gasteiger partial charge in [0, 0.05) is 0 Å². The van der Waals surface area contributed by atoms with Gasteiger partial charge < -0.3 is 14.8 Å². The summed E-state index contributed by atoms with van der Waals surface area (Å²) in [6, 6.07) is 12.6. The first-order valence-electron chi connectivity index (χ1n) is 9.25. The number of fused-ring (bicyclic) bond motifs is 3. The number of nitrogens with one attached hydrogen (secondary N) is 1. The van der Waals surface area contributed by atoms with Crippen molar-refractivity contribution in [3.05, 3.63) is 42.0 Å². The molecule has 0 spiro atoms. The zero-order valence-corrected chi connectivity index (χ0v) is 14.5. The molecule has 4 atom stereocenters. The van der Waals surface area contributed by atoms with E-state index in [0.29, 0.717) is 12.7 Å². The van der Waals surface area contributed by atoms with Crippen molar-refractivity contribution in [1.82, 2.24) is 5.32 Å². The van der Waals surface area contributed by atoms with E-state index in [9.17, 15) is 4.79 Å².